The molecule has 0 radical (unpaired) electrons. The number of carbonyl (C=O) groups excluding carboxylic acids is 1. The Morgan fingerprint density at radius 2 is 1.85 bits per heavy atom. The highest BCUT2D eigenvalue weighted by Crippen LogP contribution is 2.35. The Morgan fingerprint density at radius 1 is 1.13 bits per heavy atom. The van der Waals surface area contributed by atoms with Crippen LogP contribution in [0.4, 0.5) is 0 Å². The summed E-state index contributed by atoms with van der Waals surface area (Å²) < 4.78 is 5.19. The molecule has 2 aliphatic rings. The number of hydrogen-bond donors (Lipinski definition) is 4. The van der Waals surface area contributed by atoms with Crippen molar-refractivity contribution in [2.24, 2.45) is 11.8 Å². The number of likely N-dealkylation sites (tertiary alicyclic amines) is 1. The van der Waals surface area contributed by atoms with E-state index < -0.39 is 0 Å². The fraction of sp³-hybridized carbons (Fsp3) is 0.500. The summed E-state index contributed by atoms with van der Waals surface area (Å²) in [6.45, 7) is 8.38. The van der Waals surface area contributed by atoms with Crippen LogP contribution in [-0.4, -0.2) is 70.9 Å². The molecule has 5 rings (SSSR count). The number of ether oxygens (including phenoxy) is 1. The van der Waals surface area contributed by atoms with Crippen molar-refractivity contribution in [3.8, 4) is 22.5 Å². The molecule has 5 N–H and O–H groups in total. The number of pyridine rings is 1. The number of fused-ring (bicyclic) bond motifs is 1. The number of methoxy groups -OCH3 is 1. The number of hydrogen-bond acceptors (Lipinski definition) is 7. The molecule has 0 atom stereocenters. The second kappa shape index (κ2) is 13.3. The van der Waals surface area contributed by atoms with E-state index in [1.54, 1.807) is 7.11 Å². The maximum atomic E-state index is 13.0. The van der Waals surface area contributed by atoms with Crippen LogP contribution in [0, 0.1) is 5.92 Å². The van der Waals surface area contributed by atoms with Crippen LogP contribution in [0.2, 0.25) is 0 Å². The maximum Gasteiger partial charge on any atom is 0.223 e. The number of H-pyrrole nitrogens is 1. The normalized spacial score (nSPS) is 15.9. The summed E-state index contributed by atoms with van der Waals surface area (Å²) in [5, 5.41) is 9.74. The molecule has 0 spiro atoms. The van der Waals surface area contributed by atoms with E-state index in [2.05, 4.69) is 58.1 Å². The quantitative estimate of drug-likeness (QED) is 0.308. The maximum absolute atomic E-state index is 13.0. The van der Waals surface area contributed by atoms with Gasteiger partial charge in [-0.2, -0.15) is 0 Å². The zero-order chi connectivity index (χ0) is 27.8. The highest BCUT2D eigenvalue weighted by Gasteiger charge is 2.30. The van der Waals surface area contributed by atoms with Crippen LogP contribution in [-0.2, 0) is 27.8 Å². The topological polar surface area (TPSA) is 129 Å². The molecule has 210 valence electrons. The van der Waals surface area contributed by atoms with Gasteiger partial charge in [-0.25, -0.2) is 10.9 Å². The molecule has 0 bridgehead atoms. The predicted molar refractivity (Wildman–Crippen MR) is 152 cm³/mol. The van der Waals surface area contributed by atoms with E-state index in [0.29, 0.717) is 6.54 Å². The Balaban J connectivity index is 0.00000172. The first-order valence-electron chi connectivity index (χ1n) is 13.8. The largest absolute Gasteiger partial charge is 0.383 e. The number of benzene rings is 1. The first-order chi connectivity index (χ1) is 18.9. The lowest BCUT2D eigenvalue weighted by molar-refractivity contribution is -0.126. The third-order valence-corrected chi connectivity index (χ3v) is 7.96. The second-order valence-electron chi connectivity index (χ2n) is 11.1. The summed E-state index contributed by atoms with van der Waals surface area (Å²) in [6.07, 6.45) is 8.94. The number of amides is 1. The lowest BCUT2D eigenvalue weighted by atomic mass is 9.91. The van der Waals surface area contributed by atoms with Gasteiger partial charge in [-0.15, -0.1) is 0 Å². The zero-order valence-electron chi connectivity index (χ0n) is 23.4. The Bertz CT molecular complexity index is 1220. The van der Waals surface area contributed by atoms with Crippen molar-refractivity contribution in [2.45, 2.75) is 51.4 Å². The molecular weight excluding hydrogens is 492 g/mol. The van der Waals surface area contributed by atoms with Crippen molar-refractivity contribution in [2.75, 3.05) is 39.9 Å². The number of imidazole rings is 1. The van der Waals surface area contributed by atoms with E-state index in [9.17, 15) is 4.79 Å². The highest BCUT2D eigenvalue weighted by molar-refractivity contribution is 5.80. The first kappa shape index (κ1) is 28.9. The smallest absolute Gasteiger partial charge is 0.223 e. The van der Waals surface area contributed by atoms with Gasteiger partial charge in [-0.3, -0.25) is 9.78 Å². The molecule has 9 nitrogen and oxygen atoms in total. The van der Waals surface area contributed by atoms with Crippen LogP contribution in [0.1, 0.15) is 50.1 Å². The van der Waals surface area contributed by atoms with Crippen LogP contribution in [0.5, 0.6) is 0 Å². The Labute approximate surface area is 231 Å². The van der Waals surface area contributed by atoms with Gasteiger partial charge in [-0.05, 0) is 74.5 Å². The summed E-state index contributed by atoms with van der Waals surface area (Å²) in [6, 6.07) is 10.8. The SMILES string of the molecule is COCCN1CCC(C(=O)NCC(C)(C)c2nc(-c3ccc4c(c3)CCC4)c(-c3ccncc3)[nH]2)CC1.NO. The molecule has 2 aromatic heterocycles. The molecule has 1 aromatic carbocycles. The summed E-state index contributed by atoms with van der Waals surface area (Å²) in [5.74, 6) is 4.60. The fourth-order valence-corrected chi connectivity index (χ4v) is 5.52. The fourth-order valence-electron chi connectivity index (χ4n) is 5.52. The molecule has 0 unspecified atom stereocenters. The van der Waals surface area contributed by atoms with Crippen molar-refractivity contribution in [3.05, 3.63) is 59.7 Å². The summed E-state index contributed by atoms with van der Waals surface area (Å²) in [5.41, 5.74) is 6.68. The van der Waals surface area contributed by atoms with Gasteiger partial charge in [0, 0.05) is 55.1 Å². The van der Waals surface area contributed by atoms with Gasteiger partial charge in [0.15, 0.2) is 0 Å². The lowest BCUT2D eigenvalue weighted by Gasteiger charge is -2.31. The summed E-state index contributed by atoms with van der Waals surface area (Å²) in [7, 11) is 1.73. The third kappa shape index (κ3) is 6.91. The minimum Gasteiger partial charge on any atom is -0.383 e. The van der Waals surface area contributed by atoms with E-state index in [-0.39, 0.29) is 17.2 Å². The van der Waals surface area contributed by atoms with E-state index in [4.69, 9.17) is 14.9 Å². The van der Waals surface area contributed by atoms with E-state index >= 15 is 0 Å². The Kier molecular flexibility index (Phi) is 9.85. The van der Waals surface area contributed by atoms with E-state index in [1.165, 1.54) is 17.5 Å². The standard InChI is InChI=1S/C30H39N5O2.H3NO/c1-30(2,20-32-28(36)23-11-15-35(16-12-23)17-18-37-3)29-33-26(22-9-13-31-14-10-22)27(34-29)25-8-7-21-5-4-6-24(21)19-25;1-2/h7-10,13-14,19,23H,4-6,11-12,15-18,20H2,1-3H3,(H,32,36)(H,33,34);2H,1H2. The van der Waals surface area contributed by atoms with Crippen LogP contribution in [0.3, 0.4) is 0 Å². The average Bonchev–Trinajstić information content (AvgIpc) is 3.64. The van der Waals surface area contributed by atoms with Gasteiger partial charge >= 0.3 is 0 Å². The number of nitrogens with two attached hydrogens (primary N) is 1. The number of rotatable bonds is 9. The van der Waals surface area contributed by atoms with Crippen molar-refractivity contribution >= 4 is 5.91 Å². The minimum absolute atomic E-state index is 0.0700. The monoisotopic (exact) mass is 534 g/mol. The molecule has 0 saturated carbocycles. The van der Waals surface area contributed by atoms with E-state index in [0.717, 1.165) is 80.3 Å². The summed E-state index contributed by atoms with van der Waals surface area (Å²) >= 11 is 0. The number of nitrogens with zero attached hydrogens (tertiary/aromatic N) is 3. The molecule has 1 saturated heterocycles. The molecule has 1 amide bonds. The minimum atomic E-state index is -0.356. The number of aromatic amines is 1. The van der Waals surface area contributed by atoms with Crippen LogP contribution in [0.25, 0.3) is 22.5 Å². The Morgan fingerprint density at radius 3 is 2.56 bits per heavy atom. The van der Waals surface area contributed by atoms with Crippen LogP contribution in [0.15, 0.2) is 42.7 Å². The van der Waals surface area contributed by atoms with Gasteiger partial charge in [-0.1, -0.05) is 26.0 Å². The average molecular weight is 535 g/mol. The predicted octanol–water partition coefficient (Wildman–Crippen LogP) is 3.71. The van der Waals surface area contributed by atoms with Gasteiger partial charge in [0.05, 0.1) is 18.0 Å². The van der Waals surface area contributed by atoms with Gasteiger partial charge in [0.1, 0.15) is 5.82 Å². The molecule has 1 fully saturated rings. The molecular formula is C30H42N6O3. The van der Waals surface area contributed by atoms with Crippen molar-refractivity contribution in [1.82, 2.24) is 25.2 Å². The molecule has 1 aliphatic heterocycles. The number of aromatic nitrogens is 3. The summed E-state index contributed by atoms with van der Waals surface area (Å²) in [4.78, 5) is 28.4. The van der Waals surface area contributed by atoms with Crippen molar-refractivity contribution in [3.63, 3.8) is 0 Å². The second-order valence-corrected chi connectivity index (χ2v) is 11.1. The third-order valence-electron chi connectivity index (χ3n) is 7.96. The highest BCUT2D eigenvalue weighted by atomic mass is 16.5. The lowest BCUT2D eigenvalue weighted by Crippen LogP contribution is -2.44. The molecule has 1 aliphatic carbocycles. The van der Waals surface area contributed by atoms with Crippen molar-refractivity contribution in [1.29, 1.82) is 0 Å². The van der Waals surface area contributed by atoms with Crippen LogP contribution < -0.4 is 11.2 Å². The van der Waals surface area contributed by atoms with E-state index in [1.807, 2.05) is 24.5 Å². The first-order valence-corrected chi connectivity index (χ1v) is 13.8. The Hall–Kier alpha value is -3.11. The van der Waals surface area contributed by atoms with Crippen LogP contribution >= 0.6 is 0 Å². The molecule has 9 heteroatoms. The molecule has 39 heavy (non-hydrogen) atoms. The van der Waals surface area contributed by atoms with Gasteiger partial charge in [0.2, 0.25) is 5.91 Å². The van der Waals surface area contributed by atoms with Crippen molar-refractivity contribution < 1.29 is 14.7 Å². The van der Waals surface area contributed by atoms with Gasteiger partial charge in [0.25, 0.3) is 0 Å². The van der Waals surface area contributed by atoms with Gasteiger partial charge < -0.3 is 25.1 Å². The molecule has 3 aromatic rings. The zero-order valence-corrected chi connectivity index (χ0v) is 23.4. The molecule has 3 heterocycles. The number of nitrogens with one attached hydrogen (secondary N) is 2. The number of carbonyl (C=O) groups is 1. The number of piperidine rings is 1. The number of aryl methyl sites for hydroxylation is 2.